The summed E-state index contributed by atoms with van der Waals surface area (Å²) >= 11 is 0. The highest BCUT2D eigenvalue weighted by molar-refractivity contribution is 7.89. The first-order chi connectivity index (χ1) is 9.52. The van der Waals surface area contributed by atoms with Crippen LogP contribution >= 0.6 is 0 Å². The lowest BCUT2D eigenvalue weighted by atomic mass is 10.1. The summed E-state index contributed by atoms with van der Waals surface area (Å²) in [5, 5.41) is 18.3. The van der Waals surface area contributed by atoms with Crippen LogP contribution < -0.4 is 0 Å². The lowest BCUT2D eigenvalue weighted by Crippen LogP contribution is -2.39. The van der Waals surface area contributed by atoms with E-state index in [9.17, 15) is 18.3 Å². The average molecular weight is 313 g/mol. The summed E-state index contributed by atoms with van der Waals surface area (Å²) in [5.74, 6) is -1.11. The maximum atomic E-state index is 12.4. The minimum absolute atomic E-state index is 0.0433. The number of hydrogen-bond acceptors (Lipinski definition) is 4. The van der Waals surface area contributed by atoms with Crippen molar-refractivity contribution in [1.82, 2.24) is 4.31 Å². The summed E-state index contributed by atoms with van der Waals surface area (Å²) < 4.78 is 25.8. The molecule has 6 nitrogen and oxygen atoms in total. The predicted molar refractivity (Wildman–Crippen MR) is 79.2 cm³/mol. The maximum absolute atomic E-state index is 12.4. The van der Waals surface area contributed by atoms with E-state index in [2.05, 4.69) is 0 Å². The quantitative estimate of drug-likeness (QED) is 0.769. The zero-order chi connectivity index (χ0) is 16.3. The molecular weight excluding hydrogens is 294 g/mol. The van der Waals surface area contributed by atoms with Crippen molar-refractivity contribution < 1.29 is 23.4 Å². The third-order valence-electron chi connectivity index (χ3n) is 2.59. The second kappa shape index (κ2) is 6.38. The van der Waals surface area contributed by atoms with Gasteiger partial charge in [0.2, 0.25) is 10.0 Å². The second-order valence-corrected chi connectivity index (χ2v) is 7.36. The Balaban J connectivity index is 3.09. The molecule has 0 radical (unpaired) electrons. The molecular formula is C14H19NO5S. The molecule has 0 fully saturated rings. The Morgan fingerprint density at radius 1 is 1.38 bits per heavy atom. The average Bonchev–Trinajstić information content (AvgIpc) is 2.34. The maximum Gasteiger partial charge on any atom is 0.328 e. The van der Waals surface area contributed by atoms with Crippen LogP contribution in [0, 0.1) is 0 Å². The molecule has 7 heteroatoms. The van der Waals surface area contributed by atoms with Gasteiger partial charge >= 0.3 is 5.97 Å². The first-order valence-electron chi connectivity index (χ1n) is 6.22. The number of carboxylic acid groups (broad SMARTS) is 1. The fraction of sp³-hybridized carbons (Fsp3) is 0.357. The zero-order valence-corrected chi connectivity index (χ0v) is 13.0. The van der Waals surface area contributed by atoms with Crippen LogP contribution in [0.4, 0.5) is 0 Å². The summed E-state index contributed by atoms with van der Waals surface area (Å²) in [6, 6.07) is 5.95. The number of nitrogens with zero attached hydrogens (tertiary/aromatic N) is 1. The van der Waals surface area contributed by atoms with E-state index in [4.69, 9.17) is 5.11 Å². The van der Waals surface area contributed by atoms with Gasteiger partial charge < -0.3 is 10.2 Å². The lowest BCUT2D eigenvalue weighted by Gasteiger charge is -2.25. The van der Waals surface area contributed by atoms with E-state index in [0.29, 0.717) is 5.56 Å². The molecule has 0 aliphatic rings. The Kier molecular flexibility index (Phi) is 5.27. The number of aliphatic hydroxyl groups is 1. The molecule has 0 aliphatic heterocycles. The largest absolute Gasteiger partial charge is 0.478 e. The molecule has 0 unspecified atom stereocenters. The fourth-order valence-electron chi connectivity index (χ4n) is 1.76. The normalized spacial score (nSPS) is 13.0. The molecule has 1 rings (SSSR count). The number of carbonyl (C=O) groups is 1. The molecule has 2 N–H and O–H groups in total. The topological polar surface area (TPSA) is 94.9 Å². The highest BCUT2D eigenvalue weighted by atomic mass is 32.2. The third-order valence-corrected chi connectivity index (χ3v) is 4.39. The van der Waals surface area contributed by atoms with E-state index in [0.717, 1.165) is 10.4 Å². The number of aliphatic carboxylic acids is 1. The highest BCUT2D eigenvalue weighted by Crippen LogP contribution is 2.18. The Labute approximate surface area is 124 Å². The monoisotopic (exact) mass is 313 g/mol. The first kappa shape index (κ1) is 17.4. The van der Waals surface area contributed by atoms with Crippen LogP contribution in [0.1, 0.15) is 19.4 Å². The molecule has 0 aromatic heterocycles. The molecule has 0 amide bonds. The van der Waals surface area contributed by atoms with E-state index in [-0.39, 0.29) is 11.4 Å². The van der Waals surface area contributed by atoms with Gasteiger partial charge in [-0.25, -0.2) is 13.2 Å². The molecule has 0 spiro atoms. The van der Waals surface area contributed by atoms with Gasteiger partial charge in [0.25, 0.3) is 0 Å². The van der Waals surface area contributed by atoms with Crippen LogP contribution in [0.25, 0.3) is 6.08 Å². The molecule has 0 heterocycles. The molecule has 21 heavy (non-hydrogen) atoms. The second-order valence-electron chi connectivity index (χ2n) is 5.32. The molecule has 0 saturated carbocycles. The van der Waals surface area contributed by atoms with Crippen molar-refractivity contribution in [3.63, 3.8) is 0 Å². The van der Waals surface area contributed by atoms with E-state index in [1.54, 1.807) is 6.07 Å². The number of rotatable bonds is 6. The molecule has 1 aromatic rings. The van der Waals surface area contributed by atoms with Crippen molar-refractivity contribution in [2.75, 3.05) is 13.6 Å². The molecule has 1 aromatic carbocycles. The van der Waals surface area contributed by atoms with Crippen molar-refractivity contribution >= 4 is 22.1 Å². The molecule has 116 valence electrons. The van der Waals surface area contributed by atoms with Gasteiger partial charge in [0.1, 0.15) is 0 Å². The van der Waals surface area contributed by atoms with Gasteiger partial charge in [-0.15, -0.1) is 0 Å². The van der Waals surface area contributed by atoms with Gasteiger partial charge in [0, 0.05) is 19.7 Å². The van der Waals surface area contributed by atoms with Gasteiger partial charge in [-0.3, -0.25) is 0 Å². The van der Waals surface area contributed by atoms with E-state index >= 15 is 0 Å². The van der Waals surface area contributed by atoms with Crippen LogP contribution in [-0.2, 0) is 14.8 Å². The highest BCUT2D eigenvalue weighted by Gasteiger charge is 2.26. The standard InChI is InChI=1S/C14H19NO5S/c1-14(2,18)10-15(3)21(19,20)12-6-4-5-11(9-12)7-8-13(16)17/h4-9,18H,10H2,1-3H3,(H,16,17). The lowest BCUT2D eigenvalue weighted by molar-refractivity contribution is -0.131. The minimum Gasteiger partial charge on any atom is -0.478 e. The Bertz CT molecular complexity index is 644. The third kappa shape index (κ3) is 5.30. The van der Waals surface area contributed by atoms with Gasteiger partial charge in [-0.1, -0.05) is 12.1 Å². The molecule has 0 atom stereocenters. The van der Waals surface area contributed by atoms with Gasteiger partial charge in [0.15, 0.2) is 0 Å². The number of carboxylic acids is 1. The van der Waals surface area contributed by atoms with Crippen molar-refractivity contribution in [2.45, 2.75) is 24.3 Å². The van der Waals surface area contributed by atoms with Crippen LogP contribution in [0.3, 0.4) is 0 Å². The van der Waals surface area contributed by atoms with Gasteiger partial charge in [-0.2, -0.15) is 4.31 Å². The number of likely N-dealkylation sites (N-methyl/N-ethyl adjacent to an activating group) is 1. The summed E-state index contributed by atoms with van der Waals surface area (Å²) in [4.78, 5) is 10.5. The van der Waals surface area contributed by atoms with Crippen molar-refractivity contribution in [3.8, 4) is 0 Å². The molecule has 0 bridgehead atoms. The predicted octanol–water partition coefficient (Wildman–Crippen LogP) is 1.18. The van der Waals surface area contributed by atoms with Crippen molar-refractivity contribution in [2.24, 2.45) is 0 Å². The smallest absolute Gasteiger partial charge is 0.328 e. The Hall–Kier alpha value is -1.70. The molecule has 0 aliphatic carbocycles. The minimum atomic E-state index is -3.74. The summed E-state index contributed by atoms with van der Waals surface area (Å²) in [7, 11) is -2.36. The fourth-order valence-corrected chi connectivity index (χ4v) is 3.14. The van der Waals surface area contributed by atoms with Crippen LogP contribution in [-0.4, -0.2) is 48.1 Å². The van der Waals surface area contributed by atoms with Crippen molar-refractivity contribution in [1.29, 1.82) is 0 Å². The molecule has 0 saturated heterocycles. The van der Waals surface area contributed by atoms with E-state index < -0.39 is 21.6 Å². The number of benzene rings is 1. The number of hydrogen-bond donors (Lipinski definition) is 2. The van der Waals surface area contributed by atoms with Crippen LogP contribution in [0.2, 0.25) is 0 Å². The van der Waals surface area contributed by atoms with Gasteiger partial charge in [-0.05, 0) is 37.6 Å². The van der Waals surface area contributed by atoms with Crippen LogP contribution in [0.15, 0.2) is 35.2 Å². The van der Waals surface area contributed by atoms with Gasteiger partial charge in [0.05, 0.1) is 10.5 Å². The van der Waals surface area contributed by atoms with E-state index in [1.807, 2.05) is 0 Å². The number of sulfonamides is 1. The SMILES string of the molecule is CN(CC(C)(C)O)S(=O)(=O)c1cccc(C=CC(=O)O)c1. The zero-order valence-electron chi connectivity index (χ0n) is 12.1. The summed E-state index contributed by atoms with van der Waals surface area (Å²) in [6.45, 7) is 2.99. The first-order valence-corrected chi connectivity index (χ1v) is 7.66. The Morgan fingerprint density at radius 2 is 2.00 bits per heavy atom. The van der Waals surface area contributed by atoms with Crippen molar-refractivity contribution in [3.05, 3.63) is 35.9 Å². The Morgan fingerprint density at radius 3 is 2.52 bits per heavy atom. The summed E-state index contributed by atoms with van der Waals surface area (Å²) in [6.07, 6.45) is 2.25. The van der Waals surface area contributed by atoms with Crippen LogP contribution in [0.5, 0.6) is 0 Å². The summed E-state index contributed by atoms with van der Waals surface area (Å²) in [5.41, 5.74) is -0.682. The van der Waals surface area contributed by atoms with E-state index in [1.165, 1.54) is 45.2 Å².